The number of hydrogen-bond acceptors (Lipinski definition) is 3. The highest BCUT2D eigenvalue weighted by Gasteiger charge is 2.17. The van der Waals surface area contributed by atoms with Gasteiger partial charge in [-0.25, -0.2) is 0 Å². The molecule has 0 radical (unpaired) electrons. The molecule has 0 amide bonds. The monoisotopic (exact) mass is 188 g/mol. The smallest absolute Gasteiger partial charge is 0.142 e. The van der Waals surface area contributed by atoms with Gasteiger partial charge in [0.1, 0.15) is 5.78 Å². The molecule has 2 unspecified atom stereocenters. The largest absolute Gasteiger partial charge is 0.377 e. The Morgan fingerprint density at radius 1 is 1.75 bits per heavy atom. The molecule has 0 aromatic carbocycles. The van der Waals surface area contributed by atoms with Crippen LogP contribution < -0.4 is 0 Å². The lowest BCUT2D eigenvalue weighted by Crippen LogP contribution is -2.15. The summed E-state index contributed by atoms with van der Waals surface area (Å²) in [5.74, 6) is 1.23. The first-order chi connectivity index (χ1) is 5.70. The third-order valence-corrected chi connectivity index (χ3v) is 3.52. The maximum absolute atomic E-state index is 10.9. The molecular weight excluding hydrogens is 172 g/mol. The Bertz CT molecular complexity index is 153. The van der Waals surface area contributed by atoms with Crippen molar-refractivity contribution in [3.05, 3.63) is 0 Å². The van der Waals surface area contributed by atoms with Gasteiger partial charge in [0, 0.05) is 12.4 Å². The highest BCUT2D eigenvalue weighted by Crippen LogP contribution is 2.20. The van der Waals surface area contributed by atoms with E-state index in [9.17, 15) is 4.79 Å². The van der Waals surface area contributed by atoms with Crippen LogP contribution in [-0.2, 0) is 9.53 Å². The van der Waals surface area contributed by atoms with Crippen molar-refractivity contribution >= 4 is 17.5 Å². The summed E-state index contributed by atoms with van der Waals surface area (Å²) in [5, 5.41) is 0.134. The molecule has 70 valence electrons. The van der Waals surface area contributed by atoms with E-state index in [4.69, 9.17) is 4.74 Å². The van der Waals surface area contributed by atoms with E-state index in [0.717, 1.165) is 18.8 Å². The summed E-state index contributed by atoms with van der Waals surface area (Å²) in [5.41, 5.74) is 0. The molecule has 3 heteroatoms. The number of ether oxygens (including phenoxy) is 1. The molecule has 1 fully saturated rings. The van der Waals surface area contributed by atoms with E-state index in [-0.39, 0.29) is 11.0 Å². The van der Waals surface area contributed by atoms with Crippen molar-refractivity contribution in [3.63, 3.8) is 0 Å². The minimum atomic E-state index is 0.134. The Morgan fingerprint density at radius 2 is 2.50 bits per heavy atom. The molecule has 0 saturated carbocycles. The highest BCUT2D eigenvalue weighted by atomic mass is 32.2. The predicted octanol–water partition coefficient (Wildman–Crippen LogP) is 1.88. The minimum Gasteiger partial charge on any atom is -0.377 e. The fourth-order valence-electron chi connectivity index (χ4n) is 1.14. The van der Waals surface area contributed by atoms with Crippen LogP contribution in [-0.4, -0.2) is 29.5 Å². The van der Waals surface area contributed by atoms with Gasteiger partial charge in [-0.1, -0.05) is 0 Å². The summed E-state index contributed by atoms with van der Waals surface area (Å²) in [6, 6.07) is 0. The molecule has 0 spiro atoms. The summed E-state index contributed by atoms with van der Waals surface area (Å²) in [6.45, 7) is 4.51. The van der Waals surface area contributed by atoms with Gasteiger partial charge in [-0.2, -0.15) is 0 Å². The minimum absolute atomic E-state index is 0.134. The van der Waals surface area contributed by atoms with E-state index in [0.29, 0.717) is 6.10 Å². The molecule has 1 heterocycles. The number of rotatable bonds is 4. The maximum Gasteiger partial charge on any atom is 0.142 e. The molecule has 1 aliphatic rings. The van der Waals surface area contributed by atoms with Gasteiger partial charge in [-0.15, -0.1) is 11.8 Å². The Kier molecular flexibility index (Phi) is 4.09. The maximum atomic E-state index is 10.9. The molecule has 0 aromatic rings. The van der Waals surface area contributed by atoms with Crippen LogP contribution >= 0.6 is 11.8 Å². The average molecular weight is 188 g/mol. The van der Waals surface area contributed by atoms with Gasteiger partial charge >= 0.3 is 0 Å². The van der Waals surface area contributed by atoms with E-state index in [1.54, 1.807) is 18.7 Å². The summed E-state index contributed by atoms with van der Waals surface area (Å²) in [6.07, 6.45) is 2.74. The van der Waals surface area contributed by atoms with Crippen LogP contribution in [0.2, 0.25) is 0 Å². The lowest BCUT2D eigenvalue weighted by atomic mass is 10.3. The van der Waals surface area contributed by atoms with Crippen molar-refractivity contribution < 1.29 is 9.53 Å². The molecule has 2 atom stereocenters. The lowest BCUT2D eigenvalue weighted by Gasteiger charge is -2.11. The third kappa shape index (κ3) is 3.15. The van der Waals surface area contributed by atoms with Crippen molar-refractivity contribution in [2.45, 2.75) is 38.0 Å². The van der Waals surface area contributed by atoms with Crippen molar-refractivity contribution in [2.24, 2.45) is 0 Å². The SMILES string of the molecule is CC(=O)C(C)SCC1CCCO1. The fraction of sp³-hybridized carbons (Fsp3) is 0.889. The van der Waals surface area contributed by atoms with E-state index in [1.807, 2.05) is 6.92 Å². The standard InChI is InChI=1S/C9H16O2S/c1-7(10)8(2)12-6-9-4-3-5-11-9/h8-9H,3-6H2,1-2H3. The van der Waals surface area contributed by atoms with Gasteiger partial charge in [0.2, 0.25) is 0 Å². The van der Waals surface area contributed by atoms with Gasteiger partial charge in [-0.05, 0) is 26.7 Å². The topological polar surface area (TPSA) is 26.3 Å². The summed E-state index contributed by atoms with van der Waals surface area (Å²) in [4.78, 5) is 10.9. The number of carbonyl (C=O) groups excluding carboxylic acids is 1. The molecule has 0 N–H and O–H groups in total. The molecule has 0 aliphatic carbocycles. The first kappa shape index (κ1) is 10.1. The Morgan fingerprint density at radius 3 is 3.00 bits per heavy atom. The average Bonchev–Trinajstić information content (AvgIpc) is 2.51. The lowest BCUT2D eigenvalue weighted by molar-refractivity contribution is -0.116. The molecule has 2 nitrogen and oxygen atoms in total. The van der Waals surface area contributed by atoms with Crippen LogP contribution in [0.4, 0.5) is 0 Å². The molecule has 1 rings (SSSR count). The number of ketones is 1. The first-order valence-corrected chi connectivity index (χ1v) is 5.48. The molecule has 12 heavy (non-hydrogen) atoms. The van der Waals surface area contributed by atoms with Gasteiger partial charge in [0.05, 0.1) is 11.4 Å². The van der Waals surface area contributed by atoms with Crippen LogP contribution in [0.25, 0.3) is 0 Å². The van der Waals surface area contributed by atoms with Crippen molar-refractivity contribution in [3.8, 4) is 0 Å². The van der Waals surface area contributed by atoms with E-state index in [2.05, 4.69) is 0 Å². The number of Topliss-reactive ketones (excluding diaryl/α,β-unsaturated/α-hetero) is 1. The van der Waals surface area contributed by atoms with Gasteiger partial charge < -0.3 is 4.74 Å². The second-order valence-corrected chi connectivity index (χ2v) is 4.60. The molecular formula is C9H16O2S. The van der Waals surface area contributed by atoms with Gasteiger partial charge in [0.15, 0.2) is 0 Å². The van der Waals surface area contributed by atoms with E-state index < -0.39 is 0 Å². The van der Waals surface area contributed by atoms with Crippen molar-refractivity contribution in [2.75, 3.05) is 12.4 Å². The predicted molar refractivity (Wildman–Crippen MR) is 51.6 cm³/mol. The second kappa shape index (κ2) is 4.87. The summed E-state index contributed by atoms with van der Waals surface area (Å²) in [7, 11) is 0. The van der Waals surface area contributed by atoms with Crippen molar-refractivity contribution in [1.82, 2.24) is 0 Å². The number of thioether (sulfide) groups is 1. The zero-order chi connectivity index (χ0) is 8.97. The zero-order valence-electron chi connectivity index (χ0n) is 7.71. The van der Waals surface area contributed by atoms with E-state index >= 15 is 0 Å². The Labute approximate surface area is 78.1 Å². The normalized spacial score (nSPS) is 25.7. The summed E-state index contributed by atoms with van der Waals surface area (Å²) >= 11 is 1.71. The van der Waals surface area contributed by atoms with Gasteiger partial charge in [0.25, 0.3) is 0 Å². The molecule has 1 saturated heterocycles. The number of hydrogen-bond donors (Lipinski definition) is 0. The van der Waals surface area contributed by atoms with Crippen LogP contribution in [0.5, 0.6) is 0 Å². The zero-order valence-corrected chi connectivity index (χ0v) is 8.52. The quantitative estimate of drug-likeness (QED) is 0.674. The molecule has 0 aromatic heterocycles. The summed E-state index contributed by atoms with van der Waals surface area (Å²) < 4.78 is 5.45. The van der Waals surface area contributed by atoms with Gasteiger partial charge in [-0.3, -0.25) is 4.79 Å². The third-order valence-electron chi connectivity index (χ3n) is 2.13. The molecule has 1 aliphatic heterocycles. The molecule has 0 bridgehead atoms. The van der Waals surface area contributed by atoms with Crippen LogP contribution in [0.3, 0.4) is 0 Å². The second-order valence-electron chi connectivity index (χ2n) is 3.22. The van der Waals surface area contributed by atoms with Crippen LogP contribution in [0, 0.1) is 0 Å². The van der Waals surface area contributed by atoms with Crippen LogP contribution in [0.1, 0.15) is 26.7 Å². The number of carbonyl (C=O) groups is 1. The fourth-order valence-corrected chi connectivity index (χ4v) is 2.15. The highest BCUT2D eigenvalue weighted by molar-refractivity contribution is 8.00. The van der Waals surface area contributed by atoms with E-state index in [1.165, 1.54) is 6.42 Å². The van der Waals surface area contributed by atoms with Crippen LogP contribution in [0.15, 0.2) is 0 Å². The Hall–Kier alpha value is -0.0200. The Balaban J connectivity index is 2.11. The first-order valence-electron chi connectivity index (χ1n) is 4.44. The van der Waals surface area contributed by atoms with Crippen molar-refractivity contribution in [1.29, 1.82) is 0 Å².